The molecule has 2 aromatic rings. The summed E-state index contributed by atoms with van der Waals surface area (Å²) < 4.78 is 17.0. The van der Waals surface area contributed by atoms with E-state index in [2.05, 4.69) is 53.4 Å². The van der Waals surface area contributed by atoms with Gasteiger partial charge in [-0.25, -0.2) is 0 Å². The van der Waals surface area contributed by atoms with Crippen molar-refractivity contribution in [1.82, 2.24) is 4.90 Å². The third kappa shape index (κ3) is 2.62. The zero-order valence-electron chi connectivity index (χ0n) is 17.2. The van der Waals surface area contributed by atoms with E-state index in [0.717, 1.165) is 43.9 Å². The molecule has 6 rings (SSSR count). The Morgan fingerprint density at radius 1 is 1.17 bits per heavy atom. The number of ether oxygens (including phenoxy) is 3. The molecule has 5 nitrogen and oxygen atoms in total. The van der Waals surface area contributed by atoms with Crippen LogP contribution in [0.25, 0.3) is 0 Å². The van der Waals surface area contributed by atoms with Gasteiger partial charge in [0.2, 0.25) is 6.79 Å². The lowest BCUT2D eigenvalue weighted by Crippen LogP contribution is -2.46. The molecule has 1 N–H and O–H groups in total. The average Bonchev–Trinajstić information content (AvgIpc) is 3.40. The largest absolute Gasteiger partial charge is 0.499 e. The second kappa shape index (κ2) is 6.76. The summed E-state index contributed by atoms with van der Waals surface area (Å²) >= 11 is 0. The molecule has 0 radical (unpaired) electrons. The van der Waals surface area contributed by atoms with Gasteiger partial charge < -0.3 is 19.3 Å². The Kier molecular flexibility index (Phi) is 4.12. The minimum Gasteiger partial charge on any atom is -0.499 e. The van der Waals surface area contributed by atoms with Crippen LogP contribution >= 0.6 is 0 Å². The highest BCUT2D eigenvalue weighted by atomic mass is 16.7. The minimum atomic E-state index is -0.648. The van der Waals surface area contributed by atoms with E-state index in [1.807, 2.05) is 0 Å². The van der Waals surface area contributed by atoms with Crippen molar-refractivity contribution in [3.63, 3.8) is 0 Å². The van der Waals surface area contributed by atoms with Gasteiger partial charge in [-0.2, -0.15) is 0 Å². The van der Waals surface area contributed by atoms with Crippen LogP contribution in [0, 0.1) is 5.92 Å². The SMILES string of the molecule is COC1=C[C@]23C[C@H](Cc4ccccc4)CN2CCc2cc4c(cc2[C@@H]3[C@@H]1O)OCO4. The first kappa shape index (κ1) is 18.3. The summed E-state index contributed by atoms with van der Waals surface area (Å²) in [6.45, 7) is 2.27. The van der Waals surface area contributed by atoms with Gasteiger partial charge in [0.1, 0.15) is 11.9 Å². The first-order chi connectivity index (χ1) is 14.7. The van der Waals surface area contributed by atoms with Crippen LogP contribution in [0.2, 0.25) is 0 Å². The van der Waals surface area contributed by atoms with Gasteiger partial charge in [0.15, 0.2) is 11.5 Å². The Bertz CT molecular complexity index is 1000. The molecule has 0 saturated carbocycles. The monoisotopic (exact) mass is 405 g/mol. The number of hydrogen-bond donors (Lipinski definition) is 1. The first-order valence-corrected chi connectivity index (χ1v) is 10.8. The van der Waals surface area contributed by atoms with Crippen molar-refractivity contribution in [3.05, 3.63) is 71.0 Å². The molecule has 4 atom stereocenters. The fraction of sp³-hybridized carbons (Fsp3) is 0.440. The van der Waals surface area contributed by atoms with Crippen molar-refractivity contribution >= 4 is 0 Å². The van der Waals surface area contributed by atoms with Gasteiger partial charge in [0, 0.05) is 19.0 Å². The van der Waals surface area contributed by atoms with E-state index in [9.17, 15) is 5.11 Å². The smallest absolute Gasteiger partial charge is 0.231 e. The van der Waals surface area contributed by atoms with E-state index in [4.69, 9.17) is 14.2 Å². The van der Waals surface area contributed by atoms with Gasteiger partial charge in [-0.05, 0) is 60.1 Å². The standard InChI is InChI=1S/C25H27NO4/c1-28-22-13-25-12-17(9-16-5-3-2-4-6-16)14-26(25)8-7-18-10-20-21(30-15-29-20)11-19(18)23(25)24(22)27/h2-6,10-11,13,17,23-24,27H,7-9,12,14-15H2,1H3/t17-,23+,24+,25-/m0/s1. The molecular weight excluding hydrogens is 378 g/mol. The molecular formula is C25H27NO4. The first-order valence-electron chi connectivity index (χ1n) is 10.8. The molecule has 30 heavy (non-hydrogen) atoms. The predicted molar refractivity (Wildman–Crippen MR) is 113 cm³/mol. The van der Waals surface area contributed by atoms with Gasteiger partial charge >= 0.3 is 0 Å². The Morgan fingerprint density at radius 2 is 1.97 bits per heavy atom. The third-order valence-electron chi connectivity index (χ3n) is 7.44. The topological polar surface area (TPSA) is 51.2 Å². The van der Waals surface area contributed by atoms with Crippen LogP contribution in [0.5, 0.6) is 11.5 Å². The number of benzene rings is 2. The van der Waals surface area contributed by atoms with Crippen LogP contribution in [-0.4, -0.2) is 48.6 Å². The molecule has 2 aromatic carbocycles. The molecule has 3 heterocycles. The van der Waals surface area contributed by atoms with E-state index >= 15 is 0 Å². The van der Waals surface area contributed by atoms with Gasteiger partial charge in [0.05, 0.1) is 12.6 Å². The number of methoxy groups -OCH3 is 1. The van der Waals surface area contributed by atoms with Crippen LogP contribution in [0.4, 0.5) is 0 Å². The molecule has 1 saturated heterocycles. The predicted octanol–water partition coefficient (Wildman–Crippen LogP) is 3.26. The number of rotatable bonds is 3. The fourth-order valence-corrected chi connectivity index (χ4v) is 6.23. The summed E-state index contributed by atoms with van der Waals surface area (Å²) in [5, 5.41) is 11.3. The molecule has 4 aliphatic rings. The van der Waals surface area contributed by atoms with Gasteiger partial charge in [-0.15, -0.1) is 0 Å². The van der Waals surface area contributed by atoms with Crippen LogP contribution in [-0.2, 0) is 17.6 Å². The number of nitrogens with zero attached hydrogens (tertiary/aromatic N) is 1. The van der Waals surface area contributed by atoms with E-state index in [1.54, 1.807) is 7.11 Å². The molecule has 5 heteroatoms. The Labute approximate surface area is 176 Å². The van der Waals surface area contributed by atoms with Crippen molar-refractivity contribution < 1.29 is 19.3 Å². The normalized spacial score (nSPS) is 31.5. The van der Waals surface area contributed by atoms with Crippen LogP contribution in [0.15, 0.2) is 54.3 Å². The van der Waals surface area contributed by atoms with E-state index in [1.165, 1.54) is 16.7 Å². The quantitative estimate of drug-likeness (QED) is 0.850. The van der Waals surface area contributed by atoms with E-state index in [-0.39, 0.29) is 18.2 Å². The molecule has 3 aliphatic heterocycles. The second-order valence-corrected chi connectivity index (χ2v) is 9.02. The lowest BCUT2D eigenvalue weighted by atomic mass is 9.76. The van der Waals surface area contributed by atoms with Crippen molar-refractivity contribution in [1.29, 1.82) is 0 Å². The summed E-state index contributed by atoms with van der Waals surface area (Å²) in [6.07, 6.45) is 4.60. The highest BCUT2D eigenvalue weighted by molar-refractivity contribution is 5.54. The van der Waals surface area contributed by atoms with Crippen molar-refractivity contribution in [3.8, 4) is 11.5 Å². The summed E-state index contributed by atoms with van der Waals surface area (Å²) in [4.78, 5) is 2.59. The zero-order valence-corrected chi connectivity index (χ0v) is 17.2. The Balaban J connectivity index is 1.42. The van der Waals surface area contributed by atoms with Gasteiger partial charge in [-0.1, -0.05) is 30.3 Å². The minimum absolute atomic E-state index is 0.0553. The number of aliphatic hydroxyl groups excluding tert-OH is 1. The maximum absolute atomic E-state index is 11.3. The number of fused-ring (bicyclic) bond motifs is 3. The molecule has 1 fully saturated rings. The van der Waals surface area contributed by atoms with Crippen molar-refractivity contribution in [2.75, 3.05) is 27.0 Å². The molecule has 1 spiro atoms. The number of hydrogen-bond acceptors (Lipinski definition) is 5. The maximum Gasteiger partial charge on any atom is 0.231 e. The Hall–Kier alpha value is -2.50. The summed E-state index contributed by atoms with van der Waals surface area (Å²) in [5.41, 5.74) is 3.59. The zero-order chi connectivity index (χ0) is 20.3. The highest BCUT2D eigenvalue weighted by Gasteiger charge is 2.58. The molecule has 0 amide bonds. The van der Waals surface area contributed by atoms with Crippen molar-refractivity contribution in [2.45, 2.75) is 36.8 Å². The van der Waals surface area contributed by atoms with Crippen LogP contribution in [0.3, 0.4) is 0 Å². The average molecular weight is 405 g/mol. The molecule has 156 valence electrons. The highest BCUT2D eigenvalue weighted by Crippen LogP contribution is 2.56. The van der Waals surface area contributed by atoms with Gasteiger partial charge in [-0.3, -0.25) is 4.90 Å². The van der Waals surface area contributed by atoms with Crippen LogP contribution in [0.1, 0.15) is 29.0 Å². The lowest BCUT2D eigenvalue weighted by molar-refractivity contribution is 0.0782. The van der Waals surface area contributed by atoms with Crippen molar-refractivity contribution in [2.24, 2.45) is 5.92 Å². The molecule has 1 aliphatic carbocycles. The summed E-state index contributed by atoms with van der Waals surface area (Å²) in [7, 11) is 1.66. The fourth-order valence-electron chi connectivity index (χ4n) is 6.23. The number of aliphatic hydroxyl groups is 1. The second-order valence-electron chi connectivity index (χ2n) is 9.02. The summed E-state index contributed by atoms with van der Waals surface area (Å²) in [6, 6.07) is 15.0. The van der Waals surface area contributed by atoms with E-state index < -0.39 is 6.10 Å². The Morgan fingerprint density at radius 3 is 2.77 bits per heavy atom. The lowest BCUT2D eigenvalue weighted by Gasteiger charge is -2.38. The van der Waals surface area contributed by atoms with E-state index in [0.29, 0.717) is 11.7 Å². The third-order valence-corrected chi connectivity index (χ3v) is 7.44. The van der Waals surface area contributed by atoms with Gasteiger partial charge in [0.25, 0.3) is 0 Å². The molecule has 0 bridgehead atoms. The maximum atomic E-state index is 11.3. The molecule has 0 unspecified atom stereocenters. The summed E-state index contributed by atoms with van der Waals surface area (Å²) in [5.74, 6) is 2.79. The van der Waals surface area contributed by atoms with Crippen LogP contribution < -0.4 is 9.47 Å². The molecule has 0 aromatic heterocycles.